The Morgan fingerprint density at radius 2 is 2.25 bits per heavy atom. The van der Waals surface area contributed by atoms with E-state index in [0.717, 1.165) is 13.1 Å². The molecule has 1 N–H and O–H groups in total. The maximum Gasteiger partial charge on any atom is 0.136 e. The predicted molar refractivity (Wildman–Crippen MR) is 43.9 cm³/mol. The number of hydrogen-bond donors (Lipinski definition) is 1. The molecule has 2 heterocycles. The van der Waals surface area contributed by atoms with Gasteiger partial charge in [-0.05, 0) is 12.8 Å². The number of aromatic nitrogens is 3. The third-order valence-corrected chi connectivity index (χ3v) is 2.70. The zero-order valence-electron chi connectivity index (χ0n) is 6.90. The van der Waals surface area contributed by atoms with E-state index in [-0.39, 0.29) is 0 Å². The van der Waals surface area contributed by atoms with Crippen LogP contribution >= 0.6 is 0 Å². The van der Waals surface area contributed by atoms with E-state index in [1.54, 1.807) is 0 Å². The number of nitrogens with zero attached hydrogens (tertiary/aromatic N) is 3. The molecule has 0 spiro atoms. The highest BCUT2D eigenvalue weighted by molar-refractivity contribution is 5.07. The van der Waals surface area contributed by atoms with E-state index in [0.29, 0.717) is 12.0 Å². The van der Waals surface area contributed by atoms with Gasteiger partial charge >= 0.3 is 0 Å². The summed E-state index contributed by atoms with van der Waals surface area (Å²) >= 11 is 0. The molecule has 2 fully saturated rings. The van der Waals surface area contributed by atoms with E-state index in [2.05, 4.69) is 20.1 Å². The van der Waals surface area contributed by atoms with Gasteiger partial charge in [-0.2, -0.15) is 0 Å². The molecule has 1 aliphatic carbocycles. The van der Waals surface area contributed by atoms with Crippen LogP contribution in [0.5, 0.6) is 0 Å². The summed E-state index contributed by atoms with van der Waals surface area (Å²) in [5, 5.41) is 11.4. The first-order valence-corrected chi connectivity index (χ1v) is 4.55. The molecule has 2 aliphatic rings. The Labute approximate surface area is 71.0 Å². The van der Waals surface area contributed by atoms with Crippen LogP contribution in [-0.2, 0) is 0 Å². The highest BCUT2D eigenvalue weighted by atomic mass is 15.3. The molecule has 1 aromatic rings. The Morgan fingerprint density at radius 3 is 2.83 bits per heavy atom. The van der Waals surface area contributed by atoms with Crippen LogP contribution < -0.4 is 5.32 Å². The third-order valence-electron chi connectivity index (χ3n) is 2.70. The Balaban J connectivity index is 1.91. The van der Waals surface area contributed by atoms with Crippen molar-refractivity contribution in [1.82, 2.24) is 20.1 Å². The van der Waals surface area contributed by atoms with Gasteiger partial charge in [-0.25, -0.2) is 0 Å². The summed E-state index contributed by atoms with van der Waals surface area (Å²) in [5.41, 5.74) is 0. The van der Waals surface area contributed by atoms with Gasteiger partial charge in [-0.3, -0.25) is 0 Å². The SMILES string of the molecule is c1nnc(C2CC2)n1C1CNC1. The molecule has 1 aromatic heterocycles. The second-order valence-corrected chi connectivity index (χ2v) is 3.68. The average molecular weight is 164 g/mol. The van der Waals surface area contributed by atoms with E-state index in [1.165, 1.54) is 18.7 Å². The van der Waals surface area contributed by atoms with Gasteiger partial charge in [0.25, 0.3) is 0 Å². The lowest BCUT2D eigenvalue weighted by Crippen LogP contribution is -2.43. The first-order chi connectivity index (χ1) is 5.95. The van der Waals surface area contributed by atoms with Crippen molar-refractivity contribution in [2.75, 3.05) is 13.1 Å². The minimum Gasteiger partial charge on any atom is -0.313 e. The summed E-state index contributed by atoms with van der Waals surface area (Å²) in [6.07, 6.45) is 4.48. The molecule has 0 aromatic carbocycles. The summed E-state index contributed by atoms with van der Waals surface area (Å²) in [6, 6.07) is 0.621. The van der Waals surface area contributed by atoms with E-state index < -0.39 is 0 Å². The van der Waals surface area contributed by atoms with Crippen LogP contribution in [0.25, 0.3) is 0 Å². The monoisotopic (exact) mass is 164 g/mol. The van der Waals surface area contributed by atoms with Gasteiger partial charge in [0.2, 0.25) is 0 Å². The van der Waals surface area contributed by atoms with Crippen molar-refractivity contribution in [3.63, 3.8) is 0 Å². The quantitative estimate of drug-likeness (QED) is 0.683. The first-order valence-electron chi connectivity index (χ1n) is 4.55. The molecule has 0 radical (unpaired) electrons. The average Bonchev–Trinajstić information content (AvgIpc) is 2.70. The van der Waals surface area contributed by atoms with Crippen molar-refractivity contribution < 1.29 is 0 Å². The van der Waals surface area contributed by atoms with E-state index >= 15 is 0 Å². The molecule has 0 atom stereocenters. The molecule has 12 heavy (non-hydrogen) atoms. The number of rotatable bonds is 2. The third kappa shape index (κ3) is 0.876. The van der Waals surface area contributed by atoms with Crippen LogP contribution in [0.2, 0.25) is 0 Å². The van der Waals surface area contributed by atoms with Crippen LogP contribution in [0.3, 0.4) is 0 Å². The second kappa shape index (κ2) is 2.29. The van der Waals surface area contributed by atoms with Crippen LogP contribution in [-0.4, -0.2) is 27.9 Å². The highest BCUT2D eigenvalue weighted by Gasteiger charge is 2.31. The summed E-state index contributed by atoms with van der Waals surface area (Å²) in [4.78, 5) is 0. The molecule has 4 nitrogen and oxygen atoms in total. The number of hydrogen-bond acceptors (Lipinski definition) is 3. The second-order valence-electron chi connectivity index (χ2n) is 3.68. The highest BCUT2D eigenvalue weighted by Crippen LogP contribution is 2.39. The fraction of sp³-hybridized carbons (Fsp3) is 0.750. The molecule has 64 valence electrons. The molecule has 0 amide bonds. The van der Waals surface area contributed by atoms with Crippen LogP contribution in [0.1, 0.15) is 30.6 Å². The molecule has 3 rings (SSSR count). The van der Waals surface area contributed by atoms with Gasteiger partial charge in [-0.1, -0.05) is 0 Å². The molecule has 1 saturated carbocycles. The van der Waals surface area contributed by atoms with E-state index in [4.69, 9.17) is 0 Å². The molecular weight excluding hydrogens is 152 g/mol. The maximum atomic E-state index is 4.17. The van der Waals surface area contributed by atoms with Crippen molar-refractivity contribution in [3.8, 4) is 0 Å². The van der Waals surface area contributed by atoms with Crippen LogP contribution in [0.15, 0.2) is 6.33 Å². The summed E-state index contributed by atoms with van der Waals surface area (Å²) in [5.74, 6) is 1.93. The Hall–Kier alpha value is -0.900. The Morgan fingerprint density at radius 1 is 1.42 bits per heavy atom. The standard InChI is InChI=1S/C8H12N4/c1-2-6(1)8-11-10-5-12(8)7-3-9-4-7/h5-7,9H,1-4H2. The molecule has 1 saturated heterocycles. The van der Waals surface area contributed by atoms with Gasteiger partial charge in [0.15, 0.2) is 0 Å². The zero-order valence-corrected chi connectivity index (χ0v) is 6.90. The molecule has 0 unspecified atom stereocenters. The molecular formula is C8H12N4. The van der Waals surface area contributed by atoms with Gasteiger partial charge in [-0.15, -0.1) is 10.2 Å². The fourth-order valence-electron chi connectivity index (χ4n) is 1.64. The van der Waals surface area contributed by atoms with Crippen molar-refractivity contribution in [2.24, 2.45) is 0 Å². The summed E-state index contributed by atoms with van der Waals surface area (Å²) < 4.78 is 2.24. The lowest BCUT2D eigenvalue weighted by Gasteiger charge is -2.29. The summed E-state index contributed by atoms with van der Waals surface area (Å²) in [7, 11) is 0. The minimum atomic E-state index is 0.621. The lowest BCUT2D eigenvalue weighted by atomic mass is 10.2. The van der Waals surface area contributed by atoms with Crippen LogP contribution in [0.4, 0.5) is 0 Å². The van der Waals surface area contributed by atoms with Crippen molar-refractivity contribution >= 4 is 0 Å². The molecule has 4 heteroatoms. The maximum absolute atomic E-state index is 4.17. The van der Waals surface area contributed by atoms with Crippen LogP contribution in [0, 0.1) is 0 Å². The first kappa shape index (κ1) is 6.60. The number of nitrogens with one attached hydrogen (secondary N) is 1. The zero-order chi connectivity index (χ0) is 7.97. The largest absolute Gasteiger partial charge is 0.313 e. The molecule has 0 bridgehead atoms. The van der Waals surface area contributed by atoms with Crippen molar-refractivity contribution in [1.29, 1.82) is 0 Å². The minimum absolute atomic E-state index is 0.621. The predicted octanol–water partition coefficient (Wildman–Crippen LogP) is 0.300. The van der Waals surface area contributed by atoms with Gasteiger partial charge in [0.05, 0.1) is 6.04 Å². The normalized spacial score (nSPS) is 24.0. The van der Waals surface area contributed by atoms with Gasteiger partial charge < -0.3 is 9.88 Å². The van der Waals surface area contributed by atoms with Crippen molar-refractivity contribution in [3.05, 3.63) is 12.2 Å². The van der Waals surface area contributed by atoms with Gasteiger partial charge in [0.1, 0.15) is 12.2 Å². The lowest BCUT2D eigenvalue weighted by molar-refractivity contribution is 0.335. The van der Waals surface area contributed by atoms with Gasteiger partial charge in [0, 0.05) is 19.0 Å². The molecule has 1 aliphatic heterocycles. The van der Waals surface area contributed by atoms with E-state index in [9.17, 15) is 0 Å². The fourth-order valence-corrected chi connectivity index (χ4v) is 1.64. The van der Waals surface area contributed by atoms with Crippen molar-refractivity contribution in [2.45, 2.75) is 24.8 Å². The Kier molecular flexibility index (Phi) is 1.26. The topological polar surface area (TPSA) is 42.7 Å². The smallest absolute Gasteiger partial charge is 0.136 e. The Bertz CT molecular complexity index is 285. The van der Waals surface area contributed by atoms with E-state index in [1.807, 2.05) is 6.33 Å². The summed E-state index contributed by atoms with van der Waals surface area (Å²) in [6.45, 7) is 2.16.